The SMILES string of the molecule is NCCCc1cccc(SCCF)c1. The van der Waals surface area contributed by atoms with Gasteiger partial charge in [-0.25, -0.2) is 0 Å². The average molecular weight is 213 g/mol. The Morgan fingerprint density at radius 2 is 2.21 bits per heavy atom. The van der Waals surface area contributed by atoms with Gasteiger partial charge in [-0.3, -0.25) is 4.39 Å². The number of rotatable bonds is 6. The summed E-state index contributed by atoms with van der Waals surface area (Å²) in [5.74, 6) is 0.542. The Labute approximate surface area is 88.9 Å². The maximum absolute atomic E-state index is 11.9. The Balaban J connectivity index is 2.50. The van der Waals surface area contributed by atoms with E-state index in [1.54, 1.807) is 11.8 Å². The highest BCUT2D eigenvalue weighted by Gasteiger charge is 1.96. The van der Waals surface area contributed by atoms with Crippen LogP contribution in [0, 0.1) is 0 Å². The van der Waals surface area contributed by atoms with Crippen molar-refractivity contribution in [3.63, 3.8) is 0 Å². The van der Waals surface area contributed by atoms with Gasteiger partial charge < -0.3 is 5.73 Å². The van der Waals surface area contributed by atoms with Crippen molar-refractivity contribution < 1.29 is 4.39 Å². The summed E-state index contributed by atoms with van der Waals surface area (Å²) in [4.78, 5) is 1.15. The largest absolute Gasteiger partial charge is 0.330 e. The van der Waals surface area contributed by atoms with Gasteiger partial charge in [0.2, 0.25) is 0 Å². The molecule has 0 aliphatic carbocycles. The van der Waals surface area contributed by atoms with Crippen molar-refractivity contribution in [3.05, 3.63) is 29.8 Å². The second kappa shape index (κ2) is 6.85. The van der Waals surface area contributed by atoms with Crippen molar-refractivity contribution in [3.8, 4) is 0 Å². The third kappa shape index (κ3) is 4.11. The molecule has 78 valence electrons. The fourth-order valence-electron chi connectivity index (χ4n) is 1.25. The molecule has 0 aromatic heterocycles. The molecule has 0 saturated heterocycles. The van der Waals surface area contributed by atoms with Gasteiger partial charge >= 0.3 is 0 Å². The minimum absolute atomic E-state index is 0.266. The lowest BCUT2D eigenvalue weighted by molar-refractivity contribution is 0.533. The lowest BCUT2D eigenvalue weighted by atomic mass is 10.1. The molecule has 1 nitrogen and oxygen atoms in total. The normalized spacial score (nSPS) is 10.4. The van der Waals surface area contributed by atoms with Crippen LogP contribution < -0.4 is 5.73 Å². The van der Waals surface area contributed by atoms with Gasteiger partial charge in [-0.2, -0.15) is 0 Å². The van der Waals surface area contributed by atoms with E-state index < -0.39 is 0 Å². The molecule has 2 N–H and O–H groups in total. The number of aryl methyl sites for hydroxylation is 1. The summed E-state index contributed by atoms with van der Waals surface area (Å²) in [6.45, 7) is 0.458. The molecule has 0 aliphatic heterocycles. The molecule has 14 heavy (non-hydrogen) atoms. The van der Waals surface area contributed by atoms with Crippen LogP contribution in [-0.4, -0.2) is 19.0 Å². The van der Waals surface area contributed by atoms with Gasteiger partial charge in [0, 0.05) is 10.6 Å². The van der Waals surface area contributed by atoms with Crippen molar-refractivity contribution in [1.29, 1.82) is 0 Å². The number of hydrogen-bond donors (Lipinski definition) is 1. The first-order chi connectivity index (χ1) is 6.86. The van der Waals surface area contributed by atoms with E-state index in [0.29, 0.717) is 5.75 Å². The number of hydrogen-bond acceptors (Lipinski definition) is 2. The third-order valence-electron chi connectivity index (χ3n) is 1.91. The predicted molar refractivity (Wildman–Crippen MR) is 60.5 cm³/mol. The summed E-state index contributed by atoms with van der Waals surface area (Å²) in [6, 6.07) is 8.25. The lowest BCUT2D eigenvalue weighted by Crippen LogP contribution is -2.00. The predicted octanol–water partition coefficient (Wildman–Crippen LogP) is 2.64. The van der Waals surface area contributed by atoms with Gasteiger partial charge in [-0.05, 0) is 37.1 Å². The number of nitrogens with two attached hydrogens (primary N) is 1. The van der Waals surface area contributed by atoms with Crippen LogP contribution in [-0.2, 0) is 6.42 Å². The van der Waals surface area contributed by atoms with E-state index in [-0.39, 0.29) is 6.67 Å². The molecule has 0 atom stereocenters. The Kier molecular flexibility index (Phi) is 5.64. The zero-order valence-electron chi connectivity index (χ0n) is 8.21. The lowest BCUT2D eigenvalue weighted by Gasteiger charge is -2.03. The second-order valence-electron chi connectivity index (χ2n) is 3.08. The Morgan fingerprint density at radius 1 is 1.36 bits per heavy atom. The zero-order chi connectivity index (χ0) is 10.2. The molecule has 1 rings (SSSR count). The van der Waals surface area contributed by atoms with E-state index >= 15 is 0 Å². The van der Waals surface area contributed by atoms with Gasteiger partial charge in [0.1, 0.15) is 0 Å². The Hall–Kier alpha value is -0.540. The molecular formula is C11H16FNS. The highest BCUT2D eigenvalue weighted by Crippen LogP contribution is 2.19. The quantitative estimate of drug-likeness (QED) is 0.735. The van der Waals surface area contributed by atoms with E-state index in [2.05, 4.69) is 12.1 Å². The highest BCUT2D eigenvalue weighted by atomic mass is 32.2. The number of benzene rings is 1. The maximum Gasteiger partial charge on any atom is 0.0988 e. The van der Waals surface area contributed by atoms with E-state index in [1.165, 1.54) is 5.56 Å². The summed E-state index contributed by atoms with van der Waals surface area (Å²) >= 11 is 1.56. The molecule has 0 amide bonds. The van der Waals surface area contributed by atoms with E-state index in [0.717, 1.165) is 24.3 Å². The minimum Gasteiger partial charge on any atom is -0.330 e. The number of alkyl halides is 1. The summed E-state index contributed by atoms with van der Waals surface area (Å²) in [6.07, 6.45) is 2.03. The first-order valence-corrected chi connectivity index (χ1v) is 5.83. The molecule has 3 heteroatoms. The standard InChI is InChI=1S/C11H16FNS/c12-6-8-14-11-5-1-3-10(9-11)4-2-7-13/h1,3,5,9H,2,4,6-8,13H2. The molecule has 0 heterocycles. The molecule has 1 aromatic carbocycles. The van der Waals surface area contributed by atoms with Gasteiger partial charge in [0.05, 0.1) is 6.67 Å². The molecule has 0 spiro atoms. The Morgan fingerprint density at radius 3 is 2.93 bits per heavy atom. The fraction of sp³-hybridized carbons (Fsp3) is 0.455. The van der Waals surface area contributed by atoms with E-state index in [1.807, 2.05) is 12.1 Å². The average Bonchev–Trinajstić information content (AvgIpc) is 2.24. The van der Waals surface area contributed by atoms with Crippen LogP contribution in [0.3, 0.4) is 0 Å². The summed E-state index contributed by atoms with van der Waals surface area (Å²) < 4.78 is 11.9. The van der Waals surface area contributed by atoms with Crippen LogP contribution in [0.5, 0.6) is 0 Å². The molecular weight excluding hydrogens is 197 g/mol. The van der Waals surface area contributed by atoms with Gasteiger partial charge in [-0.1, -0.05) is 12.1 Å². The van der Waals surface area contributed by atoms with Crippen LogP contribution in [0.25, 0.3) is 0 Å². The smallest absolute Gasteiger partial charge is 0.0988 e. The van der Waals surface area contributed by atoms with Crippen LogP contribution in [0.4, 0.5) is 4.39 Å². The van der Waals surface area contributed by atoms with Crippen molar-refractivity contribution in [2.24, 2.45) is 5.73 Å². The van der Waals surface area contributed by atoms with Crippen LogP contribution >= 0.6 is 11.8 Å². The molecule has 0 unspecified atom stereocenters. The van der Waals surface area contributed by atoms with Crippen LogP contribution in [0.1, 0.15) is 12.0 Å². The summed E-state index contributed by atoms with van der Waals surface area (Å²) in [5.41, 5.74) is 6.73. The minimum atomic E-state index is -0.266. The van der Waals surface area contributed by atoms with Gasteiger partial charge in [0.15, 0.2) is 0 Å². The first kappa shape index (κ1) is 11.5. The fourth-order valence-corrected chi connectivity index (χ4v) is 1.98. The Bertz CT molecular complexity index is 242. The van der Waals surface area contributed by atoms with Crippen molar-refractivity contribution >= 4 is 11.8 Å². The highest BCUT2D eigenvalue weighted by molar-refractivity contribution is 7.99. The molecule has 0 fully saturated rings. The zero-order valence-corrected chi connectivity index (χ0v) is 9.02. The molecule has 0 bridgehead atoms. The monoisotopic (exact) mass is 213 g/mol. The van der Waals surface area contributed by atoms with Crippen LogP contribution in [0.2, 0.25) is 0 Å². The van der Waals surface area contributed by atoms with E-state index in [9.17, 15) is 4.39 Å². The molecule has 0 aliphatic rings. The van der Waals surface area contributed by atoms with Gasteiger partial charge in [-0.15, -0.1) is 11.8 Å². The van der Waals surface area contributed by atoms with Crippen molar-refractivity contribution in [2.45, 2.75) is 17.7 Å². The molecule has 0 radical (unpaired) electrons. The molecule has 0 saturated carbocycles. The summed E-state index contributed by atoms with van der Waals surface area (Å²) in [7, 11) is 0. The summed E-state index contributed by atoms with van der Waals surface area (Å²) in [5, 5.41) is 0. The topological polar surface area (TPSA) is 26.0 Å². The van der Waals surface area contributed by atoms with Gasteiger partial charge in [0.25, 0.3) is 0 Å². The second-order valence-corrected chi connectivity index (χ2v) is 4.25. The molecule has 1 aromatic rings. The third-order valence-corrected chi connectivity index (χ3v) is 2.86. The number of thioether (sulfide) groups is 1. The van der Waals surface area contributed by atoms with Crippen molar-refractivity contribution in [1.82, 2.24) is 0 Å². The van der Waals surface area contributed by atoms with Crippen molar-refractivity contribution in [2.75, 3.05) is 19.0 Å². The number of halogens is 1. The van der Waals surface area contributed by atoms with E-state index in [4.69, 9.17) is 5.73 Å². The van der Waals surface area contributed by atoms with Crippen LogP contribution in [0.15, 0.2) is 29.2 Å². The maximum atomic E-state index is 11.9. The first-order valence-electron chi connectivity index (χ1n) is 4.84.